The van der Waals surface area contributed by atoms with E-state index in [1.807, 2.05) is 42.5 Å². The molecule has 0 aromatic carbocycles. The fourth-order valence-electron chi connectivity index (χ4n) is 2.94. The van der Waals surface area contributed by atoms with Crippen molar-refractivity contribution in [1.82, 2.24) is 19.9 Å². The summed E-state index contributed by atoms with van der Waals surface area (Å²) in [5.41, 5.74) is 7.86. The quantitative estimate of drug-likeness (QED) is 0.319. The van der Waals surface area contributed by atoms with E-state index in [9.17, 15) is 0 Å². The van der Waals surface area contributed by atoms with Gasteiger partial charge in [-0.15, -0.1) is 0 Å². The maximum Gasteiger partial charge on any atom is 0.0742 e. The van der Waals surface area contributed by atoms with E-state index in [1.54, 1.807) is 0 Å². The predicted molar refractivity (Wildman–Crippen MR) is 118 cm³/mol. The van der Waals surface area contributed by atoms with Crippen molar-refractivity contribution in [2.75, 3.05) is 6.61 Å². The number of fused-ring (bicyclic) bond motifs is 8. The minimum atomic E-state index is -0.560. The van der Waals surface area contributed by atoms with Gasteiger partial charge in [0.1, 0.15) is 0 Å². The van der Waals surface area contributed by atoms with Gasteiger partial charge in [0.25, 0.3) is 0 Å². The van der Waals surface area contributed by atoms with Crippen molar-refractivity contribution in [3.05, 3.63) is 71.3 Å². The van der Waals surface area contributed by atoms with Crippen molar-refractivity contribution < 1.29 is 28.8 Å². The number of H-pyrrole nitrogens is 2. The van der Waals surface area contributed by atoms with Gasteiger partial charge in [0.2, 0.25) is 0 Å². The molecule has 4 N–H and O–H groups in total. The molecule has 1 unspecified atom stereocenters. The summed E-state index contributed by atoms with van der Waals surface area (Å²) >= 11 is 0. The van der Waals surface area contributed by atoms with Crippen molar-refractivity contribution in [1.29, 1.82) is 0 Å². The van der Waals surface area contributed by atoms with Gasteiger partial charge in [-0.05, 0) is 79.8 Å². The van der Waals surface area contributed by atoms with E-state index in [2.05, 4.69) is 50.3 Å². The summed E-state index contributed by atoms with van der Waals surface area (Å²) in [4.78, 5) is 16.0. The summed E-state index contributed by atoms with van der Waals surface area (Å²) in [7, 11) is 0. The molecule has 0 spiro atoms. The van der Waals surface area contributed by atoms with Crippen LogP contribution in [0.25, 0.3) is 46.4 Å². The van der Waals surface area contributed by atoms with E-state index >= 15 is 0 Å². The van der Waals surface area contributed by atoms with Gasteiger partial charge in [-0.2, -0.15) is 0 Å². The molecular weight excluding hydrogens is 415 g/mol. The molecule has 2 aliphatic rings. The summed E-state index contributed by atoms with van der Waals surface area (Å²) in [6.07, 6.45) is 7.49. The Hall–Kier alpha value is -2.90. The Morgan fingerprint density at radius 3 is 1.40 bits per heavy atom. The van der Waals surface area contributed by atoms with Crippen LogP contribution in [0.2, 0.25) is 0 Å². The van der Waals surface area contributed by atoms with Gasteiger partial charge in [0, 0.05) is 40.6 Å². The molecule has 0 saturated carbocycles. The summed E-state index contributed by atoms with van der Waals surface area (Å²) < 4.78 is 0. The van der Waals surface area contributed by atoms with Gasteiger partial charge >= 0.3 is 0 Å². The molecule has 0 amide bonds. The number of hydrogen-bond acceptors (Lipinski definition) is 4. The van der Waals surface area contributed by atoms with E-state index in [-0.39, 0.29) is 25.2 Å². The van der Waals surface area contributed by atoms with Gasteiger partial charge < -0.3 is 20.2 Å². The third kappa shape index (κ3) is 5.59. The zero-order chi connectivity index (χ0) is 20.2. The molecular formula is C23H22N4O2V. The number of nitrogens with one attached hydrogen (secondary N) is 2. The SMILES string of the molecule is C1=Cc2cc3ccc(cc4ccc(cc5nc(cc1n2)C=C5)[nH]4)[nH]3.CC(O)CO.[V]. The molecule has 3 aromatic heterocycles. The Bertz CT molecular complexity index is 1150. The molecule has 5 heterocycles. The predicted octanol–water partition coefficient (Wildman–Crippen LogP) is 4.01. The van der Waals surface area contributed by atoms with E-state index in [0.717, 1.165) is 44.8 Å². The number of aliphatic hydroxyl groups excluding tert-OH is 2. The van der Waals surface area contributed by atoms with Gasteiger partial charge in [0.05, 0.1) is 35.5 Å². The topological polar surface area (TPSA) is 97.8 Å². The van der Waals surface area contributed by atoms with Crippen LogP contribution in [0.4, 0.5) is 0 Å². The van der Waals surface area contributed by atoms with Crippen LogP contribution < -0.4 is 0 Å². The molecule has 1 radical (unpaired) electrons. The maximum absolute atomic E-state index is 8.11. The van der Waals surface area contributed by atoms with E-state index in [0.29, 0.717) is 0 Å². The molecule has 1 atom stereocenters. The van der Waals surface area contributed by atoms with Crippen molar-refractivity contribution in [2.24, 2.45) is 0 Å². The minimum Gasteiger partial charge on any atom is -0.394 e. The number of hydrogen-bond donors (Lipinski definition) is 4. The van der Waals surface area contributed by atoms with Crippen LogP contribution >= 0.6 is 0 Å². The van der Waals surface area contributed by atoms with Gasteiger partial charge in [-0.25, -0.2) is 9.97 Å². The summed E-state index contributed by atoms with van der Waals surface area (Å²) in [5, 5.41) is 16.0. The van der Waals surface area contributed by atoms with Crippen LogP contribution in [-0.2, 0) is 18.6 Å². The molecule has 7 heteroatoms. The standard InChI is InChI=1S/C20H14N4.C3H8O2.V/c1-2-14-10-16-5-6-18(23-16)12-20-8-7-19(24-20)11-17-4-3-15(22-17)9-13(1)21-14;1-3(5)2-4;/h1-12,21-22H;3-5H,2H2,1H3;. The summed E-state index contributed by atoms with van der Waals surface area (Å²) in [6.45, 7) is 1.39. The minimum absolute atomic E-state index is 0. The van der Waals surface area contributed by atoms with Gasteiger partial charge in [0.15, 0.2) is 0 Å². The number of aromatic amines is 2. The first-order valence-electron chi connectivity index (χ1n) is 9.41. The van der Waals surface area contributed by atoms with Crippen LogP contribution in [-0.4, -0.2) is 42.9 Å². The molecule has 8 bridgehead atoms. The Balaban J connectivity index is 0.000000386. The van der Waals surface area contributed by atoms with Crippen LogP contribution in [0, 0.1) is 0 Å². The Kier molecular flexibility index (Phi) is 7.08. The largest absolute Gasteiger partial charge is 0.394 e. The molecule has 2 aliphatic heterocycles. The number of nitrogens with zero attached hydrogens (tertiary/aromatic N) is 2. The normalized spacial score (nSPS) is 12.6. The third-order valence-corrected chi connectivity index (χ3v) is 4.31. The van der Waals surface area contributed by atoms with Crippen LogP contribution in [0.5, 0.6) is 0 Å². The average molecular weight is 437 g/mol. The van der Waals surface area contributed by atoms with Crippen molar-refractivity contribution in [3.63, 3.8) is 0 Å². The second kappa shape index (κ2) is 9.74. The van der Waals surface area contributed by atoms with Crippen molar-refractivity contribution >= 4 is 46.4 Å². The van der Waals surface area contributed by atoms with Crippen LogP contribution in [0.15, 0.2) is 48.5 Å². The first-order chi connectivity index (χ1) is 14.1. The Morgan fingerprint density at radius 2 is 1.03 bits per heavy atom. The monoisotopic (exact) mass is 437 g/mol. The first-order valence-corrected chi connectivity index (χ1v) is 9.41. The molecule has 3 aromatic rings. The molecule has 6 nitrogen and oxygen atoms in total. The maximum atomic E-state index is 8.11. The first kappa shape index (κ1) is 21.8. The molecule has 5 rings (SSSR count). The molecule has 0 aliphatic carbocycles. The van der Waals surface area contributed by atoms with Gasteiger partial charge in [-0.3, -0.25) is 0 Å². The van der Waals surface area contributed by atoms with Crippen LogP contribution in [0.3, 0.4) is 0 Å². The number of aromatic nitrogens is 4. The zero-order valence-electron chi connectivity index (χ0n) is 16.4. The fraction of sp³-hybridized carbons (Fsp3) is 0.130. The average Bonchev–Trinajstić information content (AvgIpc) is 3.47. The molecule has 0 saturated heterocycles. The van der Waals surface area contributed by atoms with Crippen molar-refractivity contribution in [2.45, 2.75) is 13.0 Å². The zero-order valence-corrected chi connectivity index (χ0v) is 17.8. The van der Waals surface area contributed by atoms with E-state index in [1.165, 1.54) is 6.92 Å². The fourth-order valence-corrected chi connectivity index (χ4v) is 2.94. The van der Waals surface area contributed by atoms with Gasteiger partial charge in [-0.1, -0.05) is 0 Å². The number of rotatable bonds is 1. The summed E-state index contributed by atoms with van der Waals surface area (Å²) in [6, 6.07) is 16.4. The summed E-state index contributed by atoms with van der Waals surface area (Å²) in [5.74, 6) is 0. The number of aliphatic hydroxyl groups is 2. The third-order valence-electron chi connectivity index (χ3n) is 4.31. The second-order valence-electron chi connectivity index (χ2n) is 6.94. The molecule has 0 fully saturated rings. The second-order valence-corrected chi connectivity index (χ2v) is 6.94. The van der Waals surface area contributed by atoms with E-state index < -0.39 is 6.10 Å². The van der Waals surface area contributed by atoms with E-state index in [4.69, 9.17) is 10.2 Å². The smallest absolute Gasteiger partial charge is 0.0742 e. The van der Waals surface area contributed by atoms with Crippen LogP contribution in [0.1, 0.15) is 29.7 Å². The molecule has 151 valence electrons. The molecule has 30 heavy (non-hydrogen) atoms. The Morgan fingerprint density at radius 1 is 0.700 bits per heavy atom. The Labute approximate surface area is 186 Å². The van der Waals surface area contributed by atoms with Crippen molar-refractivity contribution in [3.8, 4) is 0 Å².